The lowest BCUT2D eigenvalue weighted by molar-refractivity contribution is -0.00382. The fraction of sp³-hybridized carbons (Fsp3) is 0.700. The molecule has 0 amide bonds. The van der Waals surface area contributed by atoms with Gasteiger partial charge in [-0.2, -0.15) is 0 Å². The summed E-state index contributed by atoms with van der Waals surface area (Å²) in [4.78, 5) is 1.12. The summed E-state index contributed by atoms with van der Waals surface area (Å²) in [5.41, 5.74) is -0.659. The van der Waals surface area contributed by atoms with Gasteiger partial charge in [0.25, 0.3) is 0 Å². The third kappa shape index (κ3) is 10.3. The molecular formula is C20H40OS. The van der Waals surface area contributed by atoms with Crippen LogP contribution in [0.15, 0.2) is 36.3 Å². The van der Waals surface area contributed by atoms with Crippen molar-refractivity contribution < 1.29 is 5.11 Å². The van der Waals surface area contributed by atoms with Crippen molar-refractivity contribution in [3.8, 4) is 0 Å². The maximum atomic E-state index is 10.2. The Hall–Kier alpha value is -0.470. The van der Waals surface area contributed by atoms with E-state index in [1.54, 1.807) is 17.8 Å². The number of hydrogen-bond donors (Lipinski definition) is 1. The molecule has 22 heavy (non-hydrogen) atoms. The first-order valence-corrected chi connectivity index (χ1v) is 9.24. The van der Waals surface area contributed by atoms with E-state index in [1.807, 2.05) is 53.7 Å². The van der Waals surface area contributed by atoms with E-state index in [0.717, 1.165) is 4.91 Å². The van der Waals surface area contributed by atoms with Crippen LogP contribution >= 0.6 is 11.8 Å². The zero-order valence-electron chi connectivity index (χ0n) is 16.7. The average molecular weight is 329 g/mol. The van der Waals surface area contributed by atoms with Gasteiger partial charge in [-0.15, -0.1) is 11.8 Å². The summed E-state index contributed by atoms with van der Waals surface area (Å²) in [5, 5.41) is 10.2. The van der Waals surface area contributed by atoms with Gasteiger partial charge in [0.05, 0.1) is 5.60 Å². The predicted octanol–water partition coefficient (Wildman–Crippen LogP) is 6.85. The van der Waals surface area contributed by atoms with Crippen LogP contribution in [0, 0.1) is 11.8 Å². The van der Waals surface area contributed by atoms with Gasteiger partial charge in [-0.25, -0.2) is 0 Å². The van der Waals surface area contributed by atoms with E-state index >= 15 is 0 Å². The van der Waals surface area contributed by atoms with Crippen molar-refractivity contribution in [1.29, 1.82) is 0 Å². The summed E-state index contributed by atoms with van der Waals surface area (Å²) in [6.45, 7) is 28.0. The van der Waals surface area contributed by atoms with Crippen molar-refractivity contribution >= 4 is 11.8 Å². The second-order valence-corrected chi connectivity index (χ2v) is 7.67. The lowest BCUT2D eigenvalue weighted by atomic mass is 9.77. The highest BCUT2D eigenvalue weighted by Crippen LogP contribution is 2.43. The van der Waals surface area contributed by atoms with Crippen molar-refractivity contribution in [2.45, 2.75) is 79.6 Å². The number of thioether (sulfide) groups is 1. The second kappa shape index (κ2) is 13.0. The van der Waals surface area contributed by atoms with Gasteiger partial charge < -0.3 is 5.11 Å². The van der Waals surface area contributed by atoms with Crippen LogP contribution < -0.4 is 0 Å². The Kier molecular flexibility index (Phi) is 15.6. The summed E-state index contributed by atoms with van der Waals surface area (Å²) in [6.07, 6.45) is 5.61. The van der Waals surface area contributed by atoms with E-state index in [2.05, 4.69) is 40.9 Å². The minimum Gasteiger partial charge on any atom is -0.390 e. The monoisotopic (exact) mass is 328 g/mol. The number of aliphatic hydroxyl groups is 1. The highest BCUT2D eigenvalue weighted by molar-refractivity contribution is 8.04. The van der Waals surface area contributed by atoms with Crippen molar-refractivity contribution in [3.63, 3.8) is 0 Å². The molecule has 2 heteroatoms. The highest BCUT2D eigenvalue weighted by atomic mass is 32.2. The second-order valence-electron chi connectivity index (χ2n) is 5.95. The number of hydrogen-bond acceptors (Lipinski definition) is 2. The Labute approximate surface area is 145 Å². The van der Waals surface area contributed by atoms with Gasteiger partial charge in [0.15, 0.2) is 0 Å². The van der Waals surface area contributed by atoms with Crippen molar-refractivity contribution in [2.75, 3.05) is 0 Å². The number of allylic oxidation sites excluding steroid dienone is 3. The average Bonchev–Trinajstić information content (AvgIpc) is 2.48. The normalized spacial score (nSPS) is 14.6. The van der Waals surface area contributed by atoms with Crippen LogP contribution in [-0.4, -0.2) is 15.5 Å². The summed E-state index contributed by atoms with van der Waals surface area (Å²) in [5.74, 6) is 0.588. The Bertz CT molecular complexity index is 321. The van der Waals surface area contributed by atoms with Gasteiger partial charge in [-0.05, 0) is 31.8 Å². The van der Waals surface area contributed by atoms with Crippen LogP contribution in [0.1, 0.15) is 69.2 Å². The quantitative estimate of drug-likeness (QED) is 0.516. The molecule has 2 unspecified atom stereocenters. The van der Waals surface area contributed by atoms with Crippen LogP contribution in [-0.2, 0) is 0 Å². The van der Waals surface area contributed by atoms with Gasteiger partial charge >= 0.3 is 0 Å². The van der Waals surface area contributed by atoms with Crippen LogP contribution in [0.25, 0.3) is 0 Å². The summed E-state index contributed by atoms with van der Waals surface area (Å²) < 4.78 is 0.0302. The molecular weight excluding hydrogens is 288 g/mol. The van der Waals surface area contributed by atoms with Crippen molar-refractivity contribution in [2.24, 2.45) is 11.8 Å². The summed E-state index contributed by atoms with van der Waals surface area (Å²) in [7, 11) is 0. The Morgan fingerprint density at radius 2 is 1.36 bits per heavy atom. The molecule has 0 saturated carbocycles. The fourth-order valence-electron chi connectivity index (χ4n) is 1.87. The molecule has 0 aromatic carbocycles. The Balaban J connectivity index is -0.000000826. The van der Waals surface area contributed by atoms with E-state index in [0.29, 0.717) is 5.92 Å². The molecule has 0 aliphatic rings. The molecule has 2 atom stereocenters. The molecule has 0 aromatic heterocycles. The minimum atomic E-state index is -0.659. The zero-order valence-corrected chi connectivity index (χ0v) is 17.5. The highest BCUT2D eigenvalue weighted by Gasteiger charge is 2.37. The first-order chi connectivity index (χ1) is 10.1. The Morgan fingerprint density at radius 1 is 0.955 bits per heavy atom. The van der Waals surface area contributed by atoms with Gasteiger partial charge in [0.2, 0.25) is 0 Å². The predicted molar refractivity (Wildman–Crippen MR) is 107 cm³/mol. The zero-order chi connectivity index (χ0) is 18.6. The largest absolute Gasteiger partial charge is 0.390 e. The van der Waals surface area contributed by atoms with Crippen LogP contribution in [0.5, 0.6) is 0 Å². The third-order valence-electron chi connectivity index (χ3n) is 3.83. The maximum absolute atomic E-state index is 10.2. The smallest absolute Gasteiger partial charge is 0.0620 e. The molecule has 0 saturated heterocycles. The standard InChI is InChI=1S/C16H28OS.2C2H6/c1-9-11-14(10-2)18-16(7,8)13(4)12(3)15(5,6)17;2*1-2/h9-13,17H,1-2H2,3-8H3;2*1-2H3/b14-11+;;. The first kappa shape index (κ1) is 26.4. The fourth-order valence-corrected chi connectivity index (χ4v) is 3.12. The van der Waals surface area contributed by atoms with Gasteiger partial charge in [-0.3, -0.25) is 0 Å². The molecule has 0 spiro atoms. The van der Waals surface area contributed by atoms with E-state index in [4.69, 9.17) is 0 Å². The van der Waals surface area contributed by atoms with Gasteiger partial charge in [0, 0.05) is 9.65 Å². The third-order valence-corrected chi connectivity index (χ3v) is 5.26. The topological polar surface area (TPSA) is 20.2 Å². The minimum absolute atomic E-state index is 0.0302. The van der Waals surface area contributed by atoms with Crippen LogP contribution in [0.3, 0.4) is 0 Å². The van der Waals surface area contributed by atoms with Crippen molar-refractivity contribution in [1.82, 2.24) is 0 Å². The van der Waals surface area contributed by atoms with Gasteiger partial charge in [0.1, 0.15) is 0 Å². The lowest BCUT2D eigenvalue weighted by Crippen LogP contribution is -2.41. The molecule has 1 nitrogen and oxygen atoms in total. The first-order valence-electron chi connectivity index (χ1n) is 8.42. The summed E-state index contributed by atoms with van der Waals surface area (Å²) >= 11 is 1.78. The maximum Gasteiger partial charge on any atom is 0.0620 e. The van der Waals surface area contributed by atoms with E-state index < -0.39 is 5.60 Å². The van der Waals surface area contributed by atoms with Crippen molar-refractivity contribution in [3.05, 3.63) is 36.3 Å². The molecule has 0 fully saturated rings. The van der Waals surface area contributed by atoms with Gasteiger partial charge in [-0.1, -0.05) is 80.7 Å². The number of rotatable bonds is 7. The van der Waals surface area contributed by atoms with Crippen LogP contribution in [0.2, 0.25) is 0 Å². The molecule has 0 aliphatic carbocycles. The van der Waals surface area contributed by atoms with E-state index in [-0.39, 0.29) is 10.7 Å². The molecule has 0 rings (SSSR count). The van der Waals surface area contributed by atoms with Crippen LogP contribution in [0.4, 0.5) is 0 Å². The molecule has 0 heterocycles. The lowest BCUT2D eigenvalue weighted by Gasteiger charge is -2.40. The molecule has 1 N–H and O–H groups in total. The molecule has 0 aliphatic heterocycles. The van der Waals surface area contributed by atoms with E-state index in [9.17, 15) is 5.11 Å². The molecule has 0 aromatic rings. The summed E-state index contributed by atoms with van der Waals surface area (Å²) in [6, 6.07) is 0. The molecule has 132 valence electrons. The Morgan fingerprint density at radius 3 is 1.64 bits per heavy atom. The van der Waals surface area contributed by atoms with E-state index in [1.165, 1.54) is 0 Å². The molecule has 0 radical (unpaired) electrons. The SMILES string of the molecule is C=C/C=C(\C=C)SC(C)(C)C(C)C(C)C(C)(C)O.CC.CC. The molecule has 0 bridgehead atoms.